The summed E-state index contributed by atoms with van der Waals surface area (Å²) in [7, 11) is 1.65. The van der Waals surface area contributed by atoms with E-state index >= 15 is 0 Å². The van der Waals surface area contributed by atoms with E-state index in [1.807, 2.05) is 41.8 Å². The van der Waals surface area contributed by atoms with Gasteiger partial charge in [-0.25, -0.2) is 9.78 Å². The summed E-state index contributed by atoms with van der Waals surface area (Å²) in [6.45, 7) is 1.09. The Kier molecular flexibility index (Phi) is 6.76. The van der Waals surface area contributed by atoms with Crippen LogP contribution in [0.25, 0.3) is 10.6 Å². The van der Waals surface area contributed by atoms with Crippen molar-refractivity contribution in [3.8, 4) is 16.3 Å². The number of ether oxygens (including phenoxy) is 1. The first-order valence-electron chi connectivity index (χ1n) is 8.74. The summed E-state index contributed by atoms with van der Waals surface area (Å²) in [6.07, 6.45) is 4.93. The van der Waals surface area contributed by atoms with Gasteiger partial charge in [-0.3, -0.25) is 4.98 Å². The van der Waals surface area contributed by atoms with Gasteiger partial charge in [0.1, 0.15) is 10.8 Å². The normalized spacial score (nSPS) is 10.4. The maximum absolute atomic E-state index is 11.9. The number of rotatable bonds is 8. The van der Waals surface area contributed by atoms with Gasteiger partial charge < -0.3 is 15.4 Å². The van der Waals surface area contributed by atoms with Crippen molar-refractivity contribution in [3.05, 3.63) is 65.4 Å². The first-order chi connectivity index (χ1) is 13.3. The molecular weight excluding hydrogens is 360 g/mol. The molecule has 27 heavy (non-hydrogen) atoms. The number of nitrogens with one attached hydrogen (secondary N) is 2. The minimum Gasteiger partial charge on any atom is -0.496 e. The Morgan fingerprint density at radius 2 is 1.81 bits per heavy atom. The molecule has 0 aliphatic heterocycles. The largest absolute Gasteiger partial charge is 0.496 e. The third kappa shape index (κ3) is 5.52. The minimum absolute atomic E-state index is 0.172. The van der Waals surface area contributed by atoms with Gasteiger partial charge in [0.05, 0.1) is 12.8 Å². The van der Waals surface area contributed by atoms with Crippen molar-refractivity contribution in [1.29, 1.82) is 0 Å². The summed E-state index contributed by atoms with van der Waals surface area (Å²) in [5.74, 6) is 0.841. The standard InChI is InChI=1S/C20H22N4O2S/c1-26-18-5-3-2-4-15(18)8-12-22-20(25)23-13-9-17-14-27-19(24-17)16-6-10-21-11-7-16/h2-7,10-11,14H,8-9,12-13H2,1H3,(H2,22,23,25). The summed E-state index contributed by atoms with van der Waals surface area (Å²) < 4.78 is 5.31. The van der Waals surface area contributed by atoms with Crippen LogP contribution in [-0.4, -0.2) is 36.2 Å². The molecular formula is C20H22N4O2S. The van der Waals surface area contributed by atoms with Crippen LogP contribution in [0.4, 0.5) is 4.79 Å². The maximum atomic E-state index is 11.9. The predicted octanol–water partition coefficient (Wildman–Crippen LogP) is 3.30. The number of carbonyl (C=O) groups is 1. The predicted molar refractivity (Wildman–Crippen MR) is 107 cm³/mol. The molecule has 0 bridgehead atoms. The number of methoxy groups -OCH3 is 1. The van der Waals surface area contributed by atoms with Crippen LogP contribution >= 0.6 is 11.3 Å². The number of benzene rings is 1. The second-order valence-electron chi connectivity index (χ2n) is 5.87. The lowest BCUT2D eigenvalue weighted by Gasteiger charge is -2.09. The van der Waals surface area contributed by atoms with Crippen LogP contribution in [0, 0.1) is 0 Å². The molecule has 0 aliphatic carbocycles. The Hall–Kier alpha value is -2.93. The van der Waals surface area contributed by atoms with Crippen molar-refractivity contribution in [2.45, 2.75) is 12.8 Å². The van der Waals surface area contributed by atoms with Gasteiger partial charge in [-0.2, -0.15) is 0 Å². The molecule has 2 heterocycles. The Labute approximate surface area is 162 Å². The van der Waals surface area contributed by atoms with Crippen LogP contribution in [0.5, 0.6) is 5.75 Å². The zero-order valence-electron chi connectivity index (χ0n) is 15.1. The van der Waals surface area contributed by atoms with E-state index in [4.69, 9.17) is 4.74 Å². The van der Waals surface area contributed by atoms with E-state index in [1.54, 1.807) is 30.8 Å². The molecule has 2 amide bonds. The number of urea groups is 1. The Bertz CT molecular complexity index is 867. The number of amides is 2. The SMILES string of the molecule is COc1ccccc1CCNC(=O)NCCc1csc(-c2ccncc2)n1. The number of carbonyl (C=O) groups excluding carboxylic acids is 1. The second-order valence-corrected chi connectivity index (χ2v) is 6.73. The van der Waals surface area contributed by atoms with E-state index in [2.05, 4.69) is 20.6 Å². The van der Waals surface area contributed by atoms with Crippen molar-refractivity contribution in [2.75, 3.05) is 20.2 Å². The van der Waals surface area contributed by atoms with Crippen molar-refractivity contribution in [1.82, 2.24) is 20.6 Å². The van der Waals surface area contributed by atoms with E-state index in [0.717, 1.165) is 34.0 Å². The van der Waals surface area contributed by atoms with Gasteiger partial charge in [0.15, 0.2) is 0 Å². The number of hydrogen-bond donors (Lipinski definition) is 2. The smallest absolute Gasteiger partial charge is 0.314 e. The lowest BCUT2D eigenvalue weighted by molar-refractivity contribution is 0.241. The van der Waals surface area contributed by atoms with Gasteiger partial charge in [0.2, 0.25) is 0 Å². The fraction of sp³-hybridized carbons (Fsp3) is 0.250. The number of aromatic nitrogens is 2. The van der Waals surface area contributed by atoms with Crippen LogP contribution in [0.3, 0.4) is 0 Å². The van der Waals surface area contributed by atoms with Crippen LogP contribution in [0.15, 0.2) is 54.2 Å². The monoisotopic (exact) mass is 382 g/mol. The Morgan fingerprint density at radius 3 is 2.59 bits per heavy atom. The zero-order valence-corrected chi connectivity index (χ0v) is 16.0. The van der Waals surface area contributed by atoms with E-state index in [1.165, 1.54) is 0 Å². The number of thiazole rings is 1. The molecule has 3 rings (SSSR count). The van der Waals surface area contributed by atoms with E-state index in [9.17, 15) is 4.79 Å². The summed E-state index contributed by atoms with van der Waals surface area (Å²) in [4.78, 5) is 20.5. The number of hydrogen-bond acceptors (Lipinski definition) is 5. The molecule has 2 aromatic heterocycles. The quantitative estimate of drug-likeness (QED) is 0.627. The molecule has 6 nitrogen and oxygen atoms in total. The van der Waals surface area contributed by atoms with Crippen LogP contribution < -0.4 is 15.4 Å². The van der Waals surface area contributed by atoms with Crippen molar-refractivity contribution < 1.29 is 9.53 Å². The van der Waals surface area contributed by atoms with Crippen LogP contribution in [0.1, 0.15) is 11.3 Å². The van der Waals surface area contributed by atoms with E-state index in [-0.39, 0.29) is 6.03 Å². The van der Waals surface area contributed by atoms with Crippen molar-refractivity contribution in [3.63, 3.8) is 0 Å². The fourth-order valence-corrected chi connectivity index (χ4v) is 3.50. The van der Waals surface area contributed by atoms with E-state index < -0.39 is 0 Å². The molecule has 0 aliphatic rings. The molecule has 0 saturated heterocycles. The topological polar surface area (TPSA) is 76.1 Å². The molecule has 0 fully saturated rings. The first-order valence-corrected chi connectivity index (χ1v) is 9.62. The highest BCUT2D eigenvalue weighted by Gasteiger charge is 2.06. The van der Waals surface area contributed by atoms with Gasteiger partial charge in [0, 0.05) is 42.8 Å². The maximum Gasteiger partial charge on any atom is 0.314 e. The number of nitrogens with zero attached hydrogens (tertiary/aromatic N) is 2. The summed E-state index contributed by atoms with van der Waals surface area (Å²) in [5.41, 5.74) is 3.11. The molecule has 3 aromatic rings. The molecule has 0 atom stereocenters. The second kappa shape index (κ2) is 9.68. The lowest BCUT2D eigenvalue weighted by atomic mass is 10.1. The van der Waals surface area contributed by atoms with Crippen molar-refractivity contribution in [2.24, 2.45) is 0 Å². The summed E-state index contributed by atoms with van der Waals surface area (Å²) >= 11 is 1.60. The number of pyridine rings is 1. The highest BCUT2D eigenvalue weighted by Crippen LogP contribution is 2.22. The minimum atomic E-state index is -0.172. The fourth-order valence-electron chi connectivity index (χ4n) is 2.64. The third-order valence-electron chi connectivity index (χ3n) is 4.02. The van der Waals surface area contributed by atoms with Gasteiger partial charge in [-0.05, 0) is 30.2 Å². The Morgan fingerprint density at radius 1 is 1.07 bits per heavy atom. The van der Waals surface area contributed by atoms with Crippen LogP contribution in [-0.2, 0) is 12.8 Å². The average Bonchev–Trinajstić information content (AvgIpc) is 3.18. The Balaban J connectivity index is 1.38. The molecule has 0 radical (unpaired) electrons. The number of para-hydroxylation sites is 1. The molecule has 0 saturated carbocycles. The highest BCUT2D eigenvalue weighted by molar-refractivity contribution is 7.13. The van der Waals surface area contributed by atoms with Crippen molar-refractivity contribution >= 4 is 17.4 Å². The zero-order chi connectivity index (χ0) is 18.9. The molecule has 1 aromatic carbocycles. The molecule has 0 unspecified atom stereocenters. The molecule has 2 N–H and O–H groups in total. The molecule has 0 spiro atoms. The van der Waals surface area contributed by atoms with Gasteiger partial charge in [0.25, 0.3) is 0 Å². The average molecular weight is 382 g/mol. The van der Waals surface area contributed by atoms with Gasteiger partial charge in [-0.15, -0.1) is 11.3 Å². The summed E-state index contributed by atoms with van der Waals surface area (Å²) in [6, 6.07) is 11.5. The van der Waals surface area contributed by atoms with E-state index in [0.29, 0.717) is 19.5 Å². The lowest BCUT2D eigenvalue weighted by Crippen LogP contribution is -2.37. The van der Waals surface area contributed by atoms with Crippen LogP contribution in [0.2, 0.25) is 0 Å². The highest BCUT2D eigenvalue weighted by atomic mass is 32.1. The van der Waals surface area contributed by atoms with Gasteiger partial charge >= 0.3 is 6.03 Å². The summed E-state index contributed by atoms with van der Waals surface area (Å²) in [5, 5.41) is 8.73. The molecule has 7 heteroatoms. The molecule has 140 valence electrons. The third-order valence-corrected chi connectivity index (χ3v) is 4.96. The first kappa shape index (κ1) is 18.8. The van der Waals surface area contributed by atoms with Gasteiger partial charge in [-0.1, -0.05) is 18.2 Å².